The van der Waals surface area contributed by atoms with Crippen molar-refractivity contribution in [3.8, 4) is 0 Å². The molecule has 18 heavy (non-hydrogen) atoms. The van der Waals surface area contributed by atoms with Gasteiger partial charge in [-0.2, -0.15) is 0 Å². The van der Waals surface area contributed by atoms with Crippen LogP contribution in [0.1, 0.15) is 60.8 Å². The topological polar surface area (TPSA) is 29.5 Å². The number of ether oxygens (including phenoxy) is 1. The van der Waals surface area contributed by atoms with Crippen molar-refractivity contribution in [3.05, 3.63) is 0 Å². The molecule has 1 aliphatic carbocycles. The Morgan fingerprint density at radius 1 is 1.22 bits per heavy atom. The molecule has 0 aliphatic heterocycles. The van der Waals surface area contributed by atoms with Crippen molar-refractivity contribution in [2.45, 2.75) is 73.0 Å². The number of rotatable bonds is 4. The van der Waals surface area contributed by atoms with E-state index in [1.165, 1.54) is 0 Å². The lowest BCUT2D eigenvalue weighted by atomic mass is 9.64. The molecule has 108 valence electrons. The molecule has 0 radical (unpaired) electrons. The highest BCUT2D eigenvalue weighted by Gasteiger charge is 2.43. The zero-order chi connectivity index (χ0) is 13.9. The molecule has 4 atom stereocenters. The van der Waals surface area contributed by atoms with E-state index in [1.54, 1.807) is 0 Å². The van der Waals surface area contributed by atoms with Crippen LogP contribution in [-0.4, -0.2) is 23.9 Å². The van der Waals surface area contributed by atoms with Gasteiger partial charge in [0, 0.05) is 6.61 Å². The summed E-state index contributed by atoms with van der Waals surface area (Å²) in [5, 5.41) is 10.6. The average molecular weight is 256 g/mol. The quantitative estimate of drug-likeness (QED) is 0.827. The molecule has 0 aromatic heterocycles. The third-order valence-corrected chi connectivity index (χ3v) is 4.43. The summed E-state index contributed by atoms with van der Waals surface area (Å²) in [5.74, 6) is 1.25. The van der Waals surface area contributed by atoms with Crippen molar-refractivity contribution in [3.63, 3.8) is 0 Å². The first-order valence-corrected chi connectivity index (χ1v) is 7.57. The van der Waals surface area contributed by atoms with Gasteiger partial charge in [-0.3, -0.25) is 0 Å². The normalized spacial score (nSPS) is 34.0. The largest absolute Gasteiger partial charge is 0.393 e. The van der Waals surface area contributed by atoms with Gasteiger partial charge in [0.25, 0.3) is 0 Å². The highest BCUT2D eigenvalue weighted by Crippen LogP contribution is 2.43. The van der Waals surface area contributed by atoms with Crippen LogP contribution in [0.25, 0.3) is 0 Å². The first kappa shape index (κ1) is 16.0. The van der Waals surface area contributed by atoms with Crippen LogP contribution in [-0.2, 0) is 4.74 Å². The molecule has 1 aliphatic rings. The number of aliphatic hydroxyl groups excluding tert-OH is 1. The number of hydrogen-bond donors (Lipinski definition) is 1. The van der Waals surface area contributed by atoms with E-state index < -0.39 is 0 Å². The summed E-state index contributed by atoms with van der Waals surface area (Å²) in [7, 11) is 0. The maximum Gasteiger partial charge on any atom is 0.0605 e. The summed E-state index contributed by atoms with van der Waals surface area (Å²) in [6, 6.07) is 0. The van der Waals surface area contributed by atoms with Gasteiger partial charge in [0.1, 0.15) is 0 Å². The molecule has 0 aromatic rings. The van der Waals surface area contributed by atoms with Crippen LogP contribution < -0.4 is 0 Å². The van der Waals surface area contributed by atoms with Crippen LogP contribution >= 0.6 is 0 Å². The minimum Gasteiger partial charge on any atom is -0.393 e. The Balaban J connectivity index is 2.77. The van der Waals surface area contributed by atoms with Gasteiger partial charge in [0.05, 0.1) is 12.2 Å². The van der Waals surface area contributed by atoms with Crippen molar-refractivity contribution in [1.82, 2.24) is 0 Å². The standard InChI is InChI=1S/C16H32O2/c1-7-8-18-12-9-13(11(2)3)15(17)14(10-12)16(4,5)6/h11-15,17H,7-10H2,1-6H3. The van der Waals surface area contributed by atoms with E-state index in [1.807, 2.05) is 0 Å². The summed E-state index contributed by atoms with van der Waals surface area (Å²) >= 11 is 0. The zero-order valence-electron chi connectivity index (χ0n) is 13.1. The van der Waals surface area contributed by atoms with Gasteiger partial charge in [0.2, 0.25) is 0 Å². The lowest BCUT2D eigenvalue weighted by Gasteiger charge is -2.46. The predicted molar refractivity (Wildman–Crippen MR) is 76.5 cm³/mol. The smallest absolute Gasteiger partial charge is 0.0605 e. The molecule has 0 saturated heterocycles. The summed E-state index contributed by atoms with van der Waals surface area (Å²) in [6.45, 7) is 14.1. The van der Waals surface area contributed by atoms with E-state index in [0.717, 1.165) is 25.9 Å². The predicted octanol–water partition coefficient (Wildman–Crippen LogP) is 3.87. The number of aliphatic hydroxyl groups is 1. The lowest BCUT2D eigenvalue weighted by Crippen LogP contribution is -2.47. The molecule has 0 heterocycles. The van der Waals surface area contributed by atoms with Crippen LogP contribution in [0.3, 0.4) is 0 Å². The van der Waals surface area contributed by atoms with Crippen LogP contribution in [0.5, 0.6) is 0 Å². The highest BCUT2D eigenvalue weighted by molar-refractivity contribution is 4.93. The van der Waals surface area contributed by atoms with Crippen molar-refractivity contribution in [2.75, 3.05) is 6.61 Å². The Hall–Kier alpha value is -0.0800. The molecule has 2 heteroatoms. The monoisotopic (exact) mass is 256 g/mol. The molecule has 1 N–H and O–H groups in total. The Labute approximate surface area is 113 Å². The second-order valence-corrected chi connectivity index (χ2v) is 7.34. The van der Waals surface area contributed by atoms with Gasteiger partial charge in [-0.1, -0.05) is 41.5 Å². The summed E-state index contributed by atoms with van der Waals surface area (Å²) < 4.78 is 5.98. The van der Waals surface area contributed by atoms with E-state index in [0.29, 0.717) is 23.9 Å². The number of hydrogen-bond acceptors (Lipinski definition) is 2. The van der Waals surface area contributed by atoms with Crippen molar-refractivity contribution in [1.29, 1.82) is 0 Å². The van der Waals surface area contributed by atoms with Gasteiger partial charge in [-0.05, 0) is 42.4 Å². The van der Waals surface area contributed by atoms with Gasteiger partial charge in [0.15, 0.2) is 0 Å². The second-order valence-electron chi connectivity index (χ2n) is 7.34. The fraction of sp³-hybridized carbons (Fsp3) is 1.00. The summed E-state index contributed by atoms with van der Waals surface area (Å²) in [5.41, 5.74) is 0.154. The molecule has 0 bridgehead atoms. The van der Waals surface area contributed by atoms with Gasteiger partial charge < -0.3 is 9.84 Å². The summed E-state index contributed by atoms with van der Waals surface area (Å²) in [4.78, 5) is 0. The maximum atomic E-state index is 10.6. The van der Waals surface area contributed by atoms with E-state index in [-0.39, 0.29) is 11.5 Å². The van der Waals surface area contributed by atoms with Crippen molar-refractivity contribution in [2.24, 2.45) is 23.2 Å². The first-order valence-electron chi connectivity index (χ1n) is 7.57. The first-order chi connectivity index (χ1) is 8.27. The molecule has 1 fully saturated rings. The molecule has 1 rings (SSSR count). The Morgan fingerprint density at radius 2 is 1.83 bits per heavy atom. The molecule has 0 amide bonds. The Morgan fingerprint density at radius 3 is 2.28 bits per heavy atom. The maximum absolute atomic E-state index is 10.6. The average Bonchev–Trinajstić information content (AvgIpc) is 2.25. The molecule has 0 aromatic carbocycles. The highest BCUT2D eigenvalue weighted by atomic mass is 16.5. The third kappa shape index (κ3) is 3.96. The van der Waals surface area contributed by atoms with Crippen LogP contribution in [0, 0.1) is 23.2 Å². The molecular formula is C16H32O2. The van der Waals surface area contributed by atoms with Gasteiger partial charge in [-0.15, -0.1) is 0 Å². The second kappa shape index (κ2) is 6.38. The molecule has 2 nitrogen and oxygen atoms in total. The van der Waals surface area contributed by atoms with Crippen LogP contribution in [0.15, 0.2) is 0 Å². The van der Waals surface area contributed by atoms with Crippen molar-refractivity contribution < 1.29 is 9.84 Å². The Kier molecular flexibility index (Phi) is 5.67. The minimum absolute atomic E-state index is 0.154. The zero-order valence-corrected chi connectivity index (χ0v) is 13.1. The van der Waals surface area contributed by atoms with Crippen molar-refractivity contribution >= 4 is 0 Å². The fourth-order valence-electron chi connectivity index (χ4n) is 3.21. The van der Waals surface area contributed by atoms with Crippen LogP contribution in [0.2, 0.25) is 0 Å². The van der Waals surface area contributed by atoms with E-state index in [9.17, 15) is 5.11 Å². The van der Waals surface area contributed by atoms with E-state index in [4.69, 9.17) is 4.74 Å². The molecule has 0 spiro atoms. The molecular weight excluding hydrogens is 224 g/mol. The SMILES string of the molecule is CCCOC1CC(C(C)C)C(O)C(C(C)(C)C)C1. The van der Waals surface area contributed by atoms with E-state index in [2.05, 4.69) is 41.5 Å². The lowest BCUT2D eigenvalue weighted by molar-refractivity contribution is -0.105. The van der Waals surface area contributed by atoms with Gasteiger partial charge >= 0.3 is 0 Å². The van der Waals surface area contributed by atoms with Gasteiger partial charge in [-0.25, -0.2) is 0 Å². The molecule has 1 saturated carbocycles. The van der Waals surface area contributed by atoms with Crippen LogP contribution in [0.4, 0.5) is 0 Å². The summed E-state index contributed by atoms with van der Waals surface area (Å²) in [6.07, 6.45) is 3.27. The fourth-order valence-corrected chi connectivity index (χ4v) is 3.21. The Bertz CT molecular complexity index is 242. The van der Waals surface area contributed by atoms with E-state index >= 15 is 0 Å². The molecule has 4 unspecified atom stereocenters. The third-order valence-electron chi connectivity index (χ3n) is 4.43. The minimum atomic E-state index is -0.175.